The van der Waals surface area contributed by atoms with Gasteiger partial charge in [-0.25, -0.2) is 9.82 Å². The second-order valence-corrected chi connectivity index (χ2v) is 5.47. The molecule has 0 heterocycles. The lowest BCUT2D eigenvalue weighted by Crippen LogP contribution is -2.35. The van der Waals surface area contributed by atoms with E-state index in [9.17, 15) is 14.0 Å². The van der Waals surface area contributed by atoms with E-state index in [-0.39, 0.29) is 17.1 Å². The quantitative estimate of drug-likeness (QED) is 0.629. The van der Waals surface area contributed by atoms with Crippen molar-refractivity contribution in [1.29, 1.82) is 0 Å². The molecule has 8 heteroatoms. The number of benzene rings is 2. The van der Waals surface area contributed by atoms with Crippen LogP contribution in [-0.4, -0.2) is 24.6 Å². The summed E-state index contributed by atoms with van der Waals surface area (Å²) in [6.45, 7) is -0.374. The lowest BCUT2D eigenvalue weighted by molar-refractivity contribution is -0.120. The van der Waals surface area contributed by atoms with E-state index in [0.29, 0.717) is 5.02 Å². The molecule has 0 aromatic heterocycles. The lowest BCUT2D eigenvalue weighted by atomic mass is 10.2. The monoisotopic (exact) mass is 367 g/mol. The molecular formula is C16H12Cl2FN3O2. The van der Waals surface area contributed by atoms with E-state index >= 15 is 0 Å². The Kier molecular flexibility index (Phi) is 6.28. The van der Waals surface area contributed by atoms with Crippen LogP contribution >= 0.6 is 23.2 Å². The van der Waals surface area contributed by atoms with E-state index in [0.717, 1.165) is 11.6 Å². The van der Waals surface area contributed by atoms with Gasteiger partial charge in [0.2, 0.25) is 0 Å². The molecule has 0 saturated carbocycles. The average Bonchev–Trinajstić information content (AvgIpc) is 2.54. The smallest absolute Gasteiger partial charge is 0.259 e. The van der Waals surface area contributed by atoms with Crippen LogP contribution in [0.3, 0.4) is 0 Å². The lowest BCUT2D eigenvalue weighted by Gasteiger charge is -2.06. The van der Waals surface area contributed by atoms with Crippen LogP contribution in [0.25, 0.3) is 0 Å². The summed E-state index contributed by atoms with van der Waals surface area (Å²) in [5.74, 6) is -2.11. The maximum Gasteiger partial charge on any atom is 0.259 e. The molecule has 2 N–H and O–H groups in total. The summed E-state index contributed by atoms with van der Waals surface area (Å²) in [5.41, 5.74) is 2.67. The fraction of sp³-hybridized carbons (Fsp3) is 0.0625. The molecule has 0 spiro atoms. The first-order valence-electron chi connectivity index (χ1n) is 6.77. The second kappa shape index (κ2) is 8.42. The Morgan fingerprint density at radius 1 is 1.12 bits per heavy atom. The van der Waals surface area contributed by atoms with Crippen LogP contribution in [0.2, 0.25) is 10.0 Å². The van der Waals surface area contributed by atoms with Gasteiger partial charge in [-0.2, -0.15) is 5.10 Å². The topological polar surface area (TPSA) is 70.6 Å². The third-order valence-corrected chi connectivity index (χ3v) is 3.44. The summed E-state index contributed by atoms with van der Waals surface area (Å²) in [4.78, 5) is 23.5. The number of hydrogen-bond donors (Lipinski definition) is 2. The number of amides is 2. The van der Waals surface area contributed by atoms with Gasteiger partial charge in [0.1, 0.15) is 5.82 Å². The molecule has 0 radical (unpaired) electrons. The molecule has 0 aliphatic carbocycles. The molecule has 0 bridgehead atoms. The minimum Gasteiger partial charge on any atom is -0.343 e. The molecular weight excluding hydrogens is 356 g/mol. The van der Waals surface area contributed by atoms with Crippen LogP contribution in [0.1, 0.15) is 15.9 Å². The van der Waals surface area contributed by atoms with E-state index in [2.05, 4.69) is 15.8 Å². The zero-order valence-corrected chi connectivity index (χ0v) is 13.7. The molecule has 24 heavy (non-hydrogen) atoms. The highest BCUT2D eigenvalue weighted by Gasteiger charge is 2.16. The summed E-state index contributed by atoms with van der Waals surface area (Å²) < 4.78 is 13.6. The van der Waals surface area contributed by atoms with Crippen molar-refractivity contribution in [3.05, 3.63) is 69.5 Å². The Bertz CT molecular complexity index is 759. The number of carbonyl (C=O) groups is 2. The second-order valence-electron chi connectivity index (χ2n) is 4.62. The summed E-state index contributed by atoms with van der Waals surface area (Å²) >= 11 is 11.5. The Morgan fingerprint density at radius 3 is 2.50 bits per heavy atom. The molecule has 0 atom stereocenters. The fourth-order valence-electron chi connectivity index (χ4n) is 1.73. The van der Waals surface area contributed by atoms with Gasteiger partial charge in [-0.15, -0.1) is 0 Å². The van der Waals surface area contributed by atoms with Gasteiger partial charge in [-0.1, -0.05) is 41.4 Å². The Labute approximate surface area is 147 Å². The predicted octanol–water partition coefficient (Wildman–Crippen LogP) is 3.01. The number of rotatable bonds is 5. The first-order chi connectivity index (χ1) is 11.5. The van der Waals surface area contributed by atoms with Crippen molar-refractivity contribution in [3.8, 4) is 0 Å². The van der Waals surface area contributed by atoms with Gasteiger partial charge in [-0.3, -0.25) is 9.59 Å². The molecule has 0 aliphatic rings. The predicted molar refractivity (Wildman–Crippen MR) is 90.9 cm³/mol. The maximum atomic E-state index is 13.6. The number of nitrogens with one attached hydrogen (secondary N) is 2. The highest BCUT2D eigenvalue weighted by Crippen LogP contribution is 2.18. The zero-order chi connectivity index (χ0) is 17.5. The number of nitrogens with zero attached hydrogens (tertiary/aromatic N) is 1. The van der Waals surface area contributed by atoms with Crippen LogP contribution in [0.15, 0.2) is 47.6 Å². The van der Waals surface area contributed by atoms with Crippen LogP contribution < -0.4 is 10.7 Å². The Hall–Kier alpha value is -2.44. The van der Waals surface area contributed by atoms with Crippen LogP contribution in [0.5, 0.6) is 0 Å². The highest BCUT2D eigenvalue weighted by atomic mass is 35.5. The van der Waals surface area contributed by atoms with Gasteiger partial charge in [0.05, 0.1) is 23.3 Å². The molecule has 2 aromatic carbocycles. The largest absolute Gasteiger partial charge is 0.343 e. The van der Waals surface area contributed by atoms with Crippen molar-refractivity contribution in [2.45, 2.75) is 0 Å². The number of hydrogen-bond acceptors (Lipinski definition) is 3. The van der Waals surface area contributed by atoms with Crippen LogP contribution in [-0.2, 0) is 4.79 Å². The third-order valence-electron chi connectivity index (χ3n) is 2.87. The summed E-state index contributed by atoms with van der Waals surface area (Å²) in [7, 11) is 0. The number of carbonyl (C=O) groups excluding carboxylic acids is 2. The van der Waals surface area contributed by atoms with Crippen molar-refractivity contribution in [3.63, 3.8) is 0 Å². The van der Waals surface area contributed by atoms with Gasteiger partial charge in [0.25, 0.3) is 11.8 Å². The van der Waals surface area contributed by atoms with Crippen LogP contribution in [0.4, 0.5) is 4.39 Å². The number of hydrazone groups is 1. The Morgan fingerprint density at radius 2 is 1.83 bits per heavy atom. The SMILES string of the molecule is O=C(CNC(=O)c1c(F)cccc1Cl)N/N=C/c1ccc(Cl)cc1. The molecule has 2 rings (SSSR count). The molecule has 5 nitrogen and oxygen atoms in total. The first-order valence-corrected chi connectivity index (χ1v) is 7.52. The molecule has 2 amide bonds. The third kappa shape index (κ3) is 5.04. The van der Waals surface area contributed by atoms with E-state index < -0.39 is 17.6 Å². The van der Waals surface area contributed by atoms with Gasteiger partial charge in [0.15, 0.2) is 0 Å². The number of halogens is 3. The normalized spacial score (nSPS) is 10.6. The highest BCUT2D eigenvalue weighted by molar-refractivity contribution is 6.33. The van der Waals surface area contributed by atoms with E-state index in [1.807, 2.05) is 0 Å². The maximum absolute atomic E-state index is 13.6. The van der Waals surface area contributed by atoms with E-state index in [1.54, 1.807) is 24.3 Å². The van der Waals surface area contributed by atoms with Crippen molar-refractivity contribution < 1.29 is 14.0 Å². The van der Waals surface area contributed by atoms with Crippen molar-refractivity contribution >= 4 is 41.2 Å². The van der Waals surface area contributed by atoms with Gasteiger partial charge in [0, 0.05) is 5.02 Å². The fourth-order valence-corrected chi connectivity index (χ4v) is 2.11. The van der Waals surface area contributed by atoms with Crippen molar-refractivity contribution in [2.24, 2.45) is 5.10 Å². The average molecular weight is 368 g/mol. The standard InChI is InChI=1S/C16H12Cl2FN3O2/c17-11-6-4-10(5-7-11)8-21-22-14(23)9-20-16(24)15-12(18)2-1-3-13(15)19/h1-8H,9H2,(H,20,24)(H,22,23)/b21-8+. The minimum atomic E-state index is -0.782. The van der Waals surface area contributed by atoms with Crippen LogP contribution in [0, 0.1) is 5.82 Å². The molecule has 2 aromatic rings. The van der Waals surface area contributed by atoms with Crippen molar-refractivity contribution in [1.82, 2.24) is 10.7 Å². The van der Waals surface area contributed by atoms with E-state index in [1.165, 1.54) is 18.3 Å². The summed E-state index contributed by atoms with van der Waals surface area (Å²) in [5, 5.41) is 6.56. The molecule has 124 valence electrons. The molecule has 0 aliphatic heterocycles. The van der Waals surface area contributed by atoms with E-state index in [4.69, 9.17) is 23.2 Å². The van der Waals surface area contributed by atoms with Gasteiger partial charge < -0.3 is 5.32 Å². The van der Waals surface area contributed by atoms with Crippen molar-refractivity contribution in [2.75, 3.05) is 6.54 Å². The van der Waals surface area contributed by atoms with Gasteiger partial charge in [-0.05, 0) is 29.8 Å². The zero-order valence-electron chi connectivity index (χ0n) is 12.2. The Balaban J connectivity index is 1.85. The summed E-state index contributed by atoms with van der Waals surface area (Å²) in [6, 6.07) is 10.7. The molecule has 0 unspecified atom stereocenters. The molecule has 0 fully saturated rings. The van der Waals surface area contributed by atoms with Gasteiger partial charge >= 0.3 is 0 Å². The first kappa shape index (κ1) is 17.9. The summed E-state index contributed by atoms with van der Waals surface area (Å²) in [6.07, 6.45) is 1.42. The minimum absolute atomic E-state index is 0.0336. The molecule has 0 saturated heterocycles.